The molecule has 39 heavy (non-hydrogen) atoms. The Morgan fingerprint density at radius 2 is 2.03 bits per heavy atom. The molecule has 3 aromatic heterocycles. The summed E-state index contributed by atoms with van der Waals surface area (Å²) in [6.07, 6.45) is 13.0. The average Bonchev–Trinajstić information content (AvgIpc) is 3.57. The van der Waals surface area contributed by atoms with Crippen LogP contribution in [0.2, 0.25) is 0 Å². The maximum absolute atomic E-state index is 11.4. The molecule has 1 aliphatic carbocycles. The van der Waals surface area contributed by atoms with Crippen LogP contribution in [0.25, 0.3) is 21.4 Å². The van der Waals surface area contributed by atoms with E-state index in [2.05, 4.69) is 60.2 Å². The summed E-state index contributed by atoms with van der Waals surface area (Å²) in [7, 11) is 0. The van der Waals surface area contributed by atoms with Gasteiger partial charge in [0.25, 0.3) is 0 Å². The van der Waals surface area contributed by atoms with E-state index >= 15 is 0 Å². The number of aryl methyl sites for hydroxylation is 1. The fraction of sp³-hybridized carbons (Fsp3) is 0.393. The van der Waals surface area contributed by atoms with Gasteiger partial charge in [0.15, 0.2) is 5.82 Å². The topological polar surface area (TPSA) is 114 Å². The summed E-state index contributed by atoms with van der Waals surface area (Å²) in [5, 5.41) is 14.3. The maximum Gasteiger partial charge on any atom is 0.172 e. The zero-order valence-corrected chi connectivity index (χ0v) is 24.0. The van der Waals surface area contributed by atoms with E-state index in [1.165, 1.54) is 12.1 Å². The molecular weight excluding hydrogens is 530 g/mol. The highest BCUT2D eigenvalue weighted by Gasteiger charge is 2.24. The smallest absolute Gasteiger partial charge is 0.172 e. The lowest BCUT2D eigenvalue weighted by molar-refractivity contribution is -0.110. The van der Waals surface area contributed by atoms with Crippen LogP contribution >= 0.6 is 23.5 Å². The zero-order valence-electron chi connectivity index (χ0n) is 22.4. The van der Waals surface area contributed by atoms with Crippen molar-refractivity contribution in [2.75, 3.05) is 31.1 Å². The molecule has 2 aliphatic rings. The fourth-order valence-corrected chi connectivity index (χ4v) is 6.42. The first-order valence-corrected chi connectivity index (χ1v) is 14.7. The first-order chi connectivity index (χ1) is 19.0. The Hall–Kier alpha value is -3.28. The largest absolute Gasteiger partial charge is 0.404 e. The van der Waals surface area contributed by atoms with E-state index < -0.39 is 0 Å². The predicted molar refractivity (Wildman–Crippen MR) is 161 cm³/mol. The Bertz CT molecular complexity index is 1450. The van der Waals surface area contributed by atoms with Crippen molar-refractivity contribution in [3.05, 3.63) is 58.5 Å². The van der Waals surface area contributed by atoms with Crippen molar-refractivity contribution in [2.45, 2.75) is 39.5 Å². The van der Waals surface area contributed by atoms with Gasteiger partial charge in [-0.25, -0.2) is 8.70 Å². The molecule has 2 N–H and O–H groups in total. The van der Waals surface area contributed by atoms with Gasteiger partial charge >= 0.3 is 0 Å². The van der Waals surface area contributed by atoms with Crippen LogP contribution < -0.4 is 10.6 Å². The molecule has 1 saturated heterocycles. The van der Waals surface area contributed by atoms with Gasteiger partial charge in [-0.05, 0) is 42.9 Å². The van der Waals surface area contributed by atoms with Crippen LogP contribution in [0.4, 0.5) is 5.82 Å². The number of hydrogen-bond donors (Lipinski definition) is 1. The van der Waals surface area contributed by atoms with Crippen LogP contribution in [0.5, 0.6) is 0 Å². The van der Waals surface area contributed by atoms with Gasteiger partial charge < -0.3 is 20.0 Å². The quantitative estimate of drug-likeness (QED) is 0.207. The second-order valence-electron chi connectivity index (χ2n) is 9.99. The van der Waals surface area contributed by atoms with Crippen molar-refractivity contribution in [2.24, 2.45) is 16.0 Å². The van der Waals surface area contributed by atoms with E-state index in [0.29, 0.717) is 5.76 Å². The van der Waals surface area contributed by atoms with Gasteiger partial charge in [0.1, 0.15) is 16.9 Å². The van der Waals surface area contributed by atoms with Crippen molar-refractivity contribution in [3.63, 3.8) is 0 Å². The normalized spacial score (nSPS) is 17.9. The van der Waals surface area contributed by atoms with E-state index in [1.54, 1.807) is 17.5 Å². The third-order valence-corrected chi connectivity index (χ3v) is 9.10. The van der Waals surface area contributed by atoms with Gasteiger partial charge in [0.05, 0.1) is 23.7 Å². The number of rotatable bonds is 9. The highest BCUT2D eigenvalue weighted by molar-refractivity contribution is 7.95. The fourth-order valence-electron chi connectivity index (χ4n) is 4.70. The minimum atomic E-state index is -0.271. The molecule has 11 heteroatoms. The summed E-state index contributed by atoms with van der Waals surface area (Å²) in [5.41, 5.74) is 10.1. The lowest BCUT2D eigenvalue weighted by Gasteiger charge is -2.32. The predicted octanol–water partition coefficient (Wildman–Crippen LogP) is 5.42. The molecule has 0 bridgehead atoms. The summed E-state index contributed by atoms with van der Waals surface area (Å²) >= 11 is 3.02. The number of allylic oxidation sites excluding steroid dienone is 5. The van der Waals surface area contributed by atoms with Crippen molar-refractivity contribution < 1.29 is 9.32 Å². The Balaban J connectivity index is 1.20. The molecule has 4 heterocycles. The van der Waals surface area contributed by atoms with Crippen molar-refractivity contribution in [3.8, 4) is 0 Å². The minimum absolute atomic E-state index is 0.167. The number of hydrogen-bond acceptors (Lipinski definition) is 11. The number of nitrogens with zero attached hydrogens (tertiary/aromatic N) is 6. The Morgan fingerprint density at radius 3 is 2.72 bits per heavy atom. The molecule has 0 spiro atoms. The number of aldehydes is 1. The summed E-state index contributed by atoms with van der Waals surface area (Å²) < 4.78 is 12.3. The lowest BCUT2D eigenvalue weighted by Crippen LogP contribution is -2.43. The molecule has 0 saturated carbocycles. The third kappa shape index (κ3) is 6.00. The summed E-state index contributed by atoms with van der Waals surface area (Å²) in [6, 6.07) is 4.01. The molecule has 9 nitrogen and oxygen atoms in total. The number of fused-ring (bicyclic) bond motifs is 1. The monoisotopic (exact) mass is 563 g/mol. The Labute approximate surface area is 236 Å². The van der Waals surface area contributed by atoms with Crippen molar-refractivity contribution in [1.29, 1.82) is 0 Å². The molecule has 0 aromatic carbocycles. The van der Waals surface area contributed by atoms with Gasteiger partial charge in [-0.3, -0.25) is 0 Å². The molecule has 0 amide bonds. The van der Waals surface area contributed by atoms with Crippen molar-refractivity contribution in [1.82, 2.24) is 19.7 Å². The Kier molecular flexibility index (Phi) is 8.59. The van der Waals surface area contributed by atoms with E-state index in [0.717, 1.165) is 88.6 Å². The van der Waals surface area contributed by atoms with Gasteiger partial charge in [0.2, 0.25) is 0 Å². The van der Waals surface area contributed by atoms with E-state index in [1.807, 2.05) is 26.1 Å². The number of aromatic nitrogens is 3. The standard InChI is InChI=1S/C28H33N7O2S2/c1-18(2)23(17-36)25-14-26(33-37-25)34-9-11-35(12-10-34)39-30-16-21(15-29)27-19(3)22-13-24(31-32-28(22)38-27)20-7-5-4-6-8-20/h5,7-8,13-18,23H,4,6,9-12,29H2,1-3H3/b21-15+,30-16+. The van der Waals surface area contributed by atoms with Gasteiger partial charge in [0, 0.05) is 60.5 Å². The van der Waals surface area contributed by atoms with Crippen LogP contribution in [-0.4, -0.2) is 58.3 Å². The van der Waals surface area contributed by atoms with E-state index in [9.17, 15) is 4.79 Å². The molecule has 0 radical (unpaired) electrons. The number of anilines is 1. The minimum Gasteiger partial charge on any atom is -0.404 e. The van der Waals surface area contributed by atoms with Gasteiger partial charge in [-0.15, -0.1) is 21.5 Å². The SMILES string of the molecule is Cc1c(C(/C=N/SN2CCN(c3cc(C(C=O)C(C)C)on3)CC2)=C/N)sc2nnc(C3=CCCC=C3)cc12. The molecule has 1 unspecified atom stereocenters. The number of carbonyl (C=O) groups is 1. The molecule has 204 valence electrons. The number of nitrogens with two attached hydrogens (primary N) is 1. The molecular formula is C28H33N7O2S2. The summed E-state index contributed by atoms with van der Waals surface area (Å²) in [4.78, 5) is 15.6. The van der Waals surface area contributed by atoms with Gasteiger partial charge in [-0.1, -0.05) is 37.2 Å². The van der Waals surface area contributed by atoms with E-state index in [-0.39, 0.29) is 11.8 Å². The highest BCUT2D eigenvalue weighted by Crippen LogP contribution is 2.35. The number of piperazine rings is 1. The second-order valence-corrected chi connectivity index (χ2v) is 11.9. The van der Waals surface area contributed by atoms with Crippen LogP contribution in [0, 0.1) is 12.8 Å². The summed E-state index contributed by atoms with van der Waals surface area (Å²) in [6.45, 7) is 9.33. The van der Waals surface area contributed by atoms with Crippen molar-refractivity contribution >= 4 is 63.2 Å². The first-order valence-electron chi connectivity index (χ1n) is 13.2. The number of carbonyl (C=O) groups excluding carboxylic acids is 1. The van der Waals surface area contributed by atoms with Gasteiger partial charge in [-0.2, -0.15) is 0 Å². The molecule has 1 fully saturated rings. The average molecular weight is 564 g/mol. The zero-order chi connectivity index (χ0) is 27.4. The molecule has 1 atom stereocenters. The van der Waals surface area contributed by atoms with Crippen LogP contribution in [-0.2, 0) is 4.79 Å². The lowest BCUT2D eigenvalue weighted by atomic mass is 9.95. The second kappa shape index (κ2) is 12.3. The maximum atomic E-state index is 11.4. The Morgan fingerprint density at radius 1 is 1.21 bits per heavy atom. The molecule has 3 aromatic rings. The van der Waals surface area contributed by atoms with E-state index in [4.69, 9.17) is 10.3 Å². The third-order valence-electron chi connectivity index (χ3n) is 7.06. The first kappa shape index (κ1) is 27.3. The number of thiophene rings is 1. The van der Waals surface area contributed by atoms with Crippen LogP contribution in [0.3, 0.4) is 0 Å². The molecule has 5 rings (SSSR count). The van der Waals surface area contributed by atoms with Crippen LogP contribution in [0.15, 0.2) is 45.5 Å². The highest BCUT2D eigenvalue weighted by atomic mass is 32.2. The molecule has 1 aliphatic heterocycles. The van der Waals surface area contributed by atoms with Crippen LogP contribution in [0.1, 0.15) is 54.5 Å². The summed E-state index contributed by atoms with van der Waals surface area (Å²) in [5.74, 6) is 1.30.